The molecular weight excluding hydrogens is 320 g/mol. The summed E-state index contributed by atoms with van der Waals surface area (Å²) in [5, 5.41) is 0. The lowest BCUT2D eigenvalue weighted by atomic mass is 9.84. The molecule has 0 unspecified atom stereocenters. The maximum atomic E-state index is 6.48. The van der Waals surface area contributed by atoms with Crippen LogP contribution < -0.4 is 0 Å². The van der Waals surface area contributed by atoms with E-state index in [1.165, 1.54) is 5.56 Å². The molecule has 0 spiro atoms. The molecule has 0 aliphatic carbocycles. The first-order valence-corrected chi connectivity index (χ1v) is 12.4. The molecule has 2 heteroatoms. The quantitative estimate of drug-likeness (QED) is 0.286. The van der Waals surface area contributed by atoms with Crippen molar-refractivity contribution in [3.63, 3.8) is 0 Å². The van der Waals surface area contributed by atoms with E-state index in [9.17, 15) is 0 Å². The van der Waals surface area contributed by atoms with Gasteiger partial charge in [-0.2, -0.15) is 0 Å². The molecule has 132 valence electrons. The Labute approximate surface area is 154 Å². The van der Waals surface area contributed by atoms with E-state index in [2.05, 4.69) is 93.8 Å². The predicted octanol–water partition coefficient (Wildman–Crippen LogP) is 6.88. The Bertz CT molecular complexity index is 683. The summed E-state index contributed by atoms with van der Waals surface area (Å²) < 4.78 is 6.48. The van der Waals surface area contributed by atoms with Crippen molar-refractivity contribution in [2.45, 2.75) is 38.9 Å². The van der Waals surface area contributed by atoms with Gasteiger partial charge in [0.05, 0.1) is 0 Å². The normalized spacial score (nSPS) is 14.6. The molecule has 1 nitrogen and oxygen atoms in total. The van der Waals surface area contributed by atoms with Gasteiger partial charge in [-0.3, -0.25) is 0 Å². The summed E-state index contributed by atoms with van der Waals surface area (Å²) in [6.07, 6.45) is 5.30. The van der Waals surface area contributed by atoms with Crippen molar-refractivity contribution in [3.05, 3.63) is 90.5 Å². The third kappa shape index (κ3) is 6.06. The molecular formula is C23H30OSi. The Morgan fingerprint density at radius 3 is 2.08 bits per heavy atom. The number of hydrogen-bond acceptors (Lipinski definition) is 1. The van der Waals surface area contributed by atoms with E-state index < -0.39 is 8.32 Å². The smallest absolute Gasteiger partial charge is 0.242 e. The fourth-order valence-corrected chi connectivity index (χ4v) is 3.80. The highest BCUT2D eigenvalue weighted by atomic mass is 28.4. The van der Waals surface area contributed by atoms with Gasteiger partial charge >= 0.3 is 0 Å². The van der Waals surface area contributed by atoms with Gasteiger partial charge in [-0.15, -0.1) is 6.58 Å². The lowest BCUT2D eigenvalue weighted by Gasteiger charge is -2.26. The van der Waals surface area contributed by atoms with Crippen LogP contribution in [0, 0.1) is 5.92 Å². The first-order valence-electron chi connectivity index (χ1n) is 9.03. The van der Waals surface area contributed by atoms with E-state index in [1.54, 1.807) is 0 Å². The first-order chi connectivity index (χ1) is 11.9. The van der Waals surface area contributed by atoms with Crippen molar-refractivity contribution >= 4 is 14.1 Å². The SMILES string of the molecule is C=CC[C@H](C)[C@H](/C=C(\O[Si](C)(C)C)c1ccccc1)c1ccccc1. The average Bonchev–Trinajstić information content (AvgIpc) is 2.59. The zero-order valence-electron chi connectivity index (χ0n) is 15.9. The van der Waals surface area contributed by atoms with Gasteiger partial charge in [0, 0.05) is 11.5 Å². The summed E-state index contributed by atoms with van der Waals surface area (Å²) >= 11 is 0. The van der Waals surface area contributed by atoms with E-state index in [0.29, 0.717) is 11.8 Å². The maximum Gasteiger partial charge on any atom is 0.242 e. The van der Waals surface area contributed by atoms with Crippen molar-refractivity contribution < 1.29 is 4.43 Å². The van der Waals surface area contributed by atoms with Gasteiger partial charge in [-0.1, -0.05) is 73.7 Å². The molecule has 0 aliphatic heterocycles. The minimum absolute atomic E-state index is 0.297. The lowest BCUT2D eigenvalue weighted by molar-refractivity contribution is 0.490. The summed E-state index contributed by atoms with van der Waals surface area (Å²) in [6.45, 7) is 12.9. The number of rotatable bonds is 8. The number of allylic oxidation sites excluding steroid dienone is 2. The molecule has 2 aromatic rings. The zero-order chi connectivity index (χ0) is 18.3. The van der Waals surface area contributed by atoms with Crippen LogP contribution in [0.25, 0.3) is 5.76 Å². The van der Waals surface area contributed by atoms with Crippen LogP contribution in [-0.2, 0) is 4.43 Å². The molecule has 0 bridgehead atoms. The van der Waals surface area contributed by atoms with Crippen LogP contribution in [0.15, 0.2) is 79.4 Å². The molecule has 0 saturated heterocycles. The Morgan fingerprint density at radius 1 is 1.00 bits per heavy atom. The summed E-state index contributed by atoms with van der Waals surface area (Å²) in [6, 6.07) is 21.2. The third-order valence-corrected chi connectivity index (χ3v) is 4.97. The average molecular weight is 351 g/mol. The summed E-state index contributed by atoms with van der Waals surface area (Å²) in [5.41, 5.74) is 2.47. The van der Waals surface area contributed by atoms with E-state index in [0.717, 1.165) is 17.7 Å². The van der Waals surface area contributed by atoms with Crippen LogP contribution in [-0.4, -0.2) is 8.32 Å². The van der Waals surface area contributed by atoms with Crippen molar-refractivity contribution in [1.29, 1.82) is 0 Å². The fourth-order valence-electron chi connectivity index (χ4n) is 2.96. The van der Waals surface area contributed by atoms with Crippen molar-refractivity contribution in [1.82, 2.24) is 0 Å². The molecule has 0 radical (unpaired) electrons. The van der Waals surface area contributed by atoms with Crippen molar-refractivity contribution in [2.75, 3.05) is 0 Å². The zero-order valence-corrected chi connectivity index (χ0v) is 16.9. The largest absolute Gasteiger partial charge is 0.544 e. The predicted molar refractivity (Wildman–Crippen MR) is 112 cm³/mol. The molecule has 0 heterocycles. The second-order valence-electron chi connectivity index (χ2n) is 7.55. The summed E-state index contributed by atoms with van der Waals surface area (Å²) in [7, 11) is -1.71. The topological polar surface area (TPSA) is 9.23 Å². The molecule has 2 atom stereocenters. The second-order valence-corrected chi connectivity index (χ2v) is 12.0. The molecule has 0 aromatic heterocycles. The van der Waals surface area contributed by atoms with Gasteiger partial charge in [-0.05, 0) is 43.6 Å². The Balaban J connectivity index is 2.48. The molecule has 0 amide bonds. The first kappa shape index (κ1) is 19.3. The Morgan fingerprint density at radius 2 is 1.56 bits per heavy atom. The third-order valence-electron chi connectivity index (χ3n) is 4.14. The van der Waals surface area contributed by atoms with Gasteiger partial charge in [0.2, 0.25) is 8.32 Å². The number of hydrogen-bond donors (Lipinski definition) is 0. The van der Waals surface area contributed by atoms with E-state index in [4.69, 9.17) is 4.43 Å². The highest BCUT2D eigenvalue weighted by molar-refractivity contribution is 6.70. The molecule has 25 heavy (non-hydrogen) atoms. The van der Waals surface area contributed by atoms with E-state index >= 15 is 0 Å². The Hall–Kier alpha value is -2.06. The van der Waals surface area contributed by atoms with Crippen molar-refractivity contribution in [3.8, 4) is 0 Å². The van der Waals surface area contributed by atoms with Crippen LogP contribution in [0.2, 0.25) is 19.6 Å². The van der Waals surface area contributed by atoms with Gasteiger partial charge in [0.25, 0.3) is 0 Å². The fraction of sp³-hybridized carbons (Fsp3) is 0.304. The van der Waals surface area contributed by atoms with Crippen molar-refractivity contribution in [2.24, 2.45) is 5.92 Å². The van der Waals surface area contributed by atoms with E-state index in [1.807, 2.05) is 12.1 Å². The minimum Gasteiger partial charge on any atom is -0.544 e. The molecule has 2 rings (SSSR count). The van der Waals surface area contributed by atoms with Crippen LogP contribution in [0.3, 0.4) is 0 Å². The molecule has 0 saturated carbocycles. The molecule has 2 aromatic carbocycles. The van der Waals surface area contributed by atoms with Gasteiger partial charge < -0.3 is 4.43 Å². The second kappa shape index (κ2) is 8.86. The standard InChI is InChI=1S/C23H30OSi/c1-6-13-19(2)22(20-14-9-7-10-15-20)18-23(24-25(3,4)5)21-16-11-8-12-17-21/h6-12,14-19,22H,1,13H2,2-5H3/b23-18-/t19-,22-/m0/s1. The van der Waals surface area contributed by atoms with Gasteiger partial charge in [0.1, 0.15) is 5.76 Å². The summed E-state index contributed by atoms with van der Waals surface area (Å²) in [5.74, 6) is 1.76. The molecule has 0 aliphatic rings. The van der Waals surface area contributed by atoms with Crippen LogP contribution in [0.4, 0.5) is 0 Å². The monoisotopic (exact) mass is 350 g/mol. The maximum absolute atomic E-state index is 6.48. The lowest BCUT2D eigenvalue weighted by Crippen LogP contribution is -2.25. The highest BCUT2D eigenvalue weighted by Crippen LogP contribution is 2.33. The van der Waals surface area contributed by atoms with Gasteiger partial charge in [-0.25, -0.2) is 0 Å². The van der Waals surface area contributed by atoms with E-state index in [-0.39, 0.29) is 0 Å². The number of benzene rings is 2. The highest BCUT2D eigenvalue weighted by Gasteiger charge is 2.22. The van der Waals surface area contributed by atoms with Crippen LogP contribution >= 0.6 is 0 Å². The van der Waals surface area contributed by atoms with Gasteiger partial charge in [0.15, 0.2) is 0 Å². The van der Waals surface area contributed by atoms with Crippen LogP contribution in [0.1, 0.15) is 30.4 Å². The minimum atomic E-state index is -1.71. The van der Waals surface area contributed by atoms with Crippen LogP contribution in [0.5, 0.6) is 0 Å². The Kier molecular flexibility index (Phi) is 6.83. The molecule has 0 N–H and O–H groups in total. The summed E-state index contributed by atoms with van der Waals surface area (Å²) in [4.78, 5) is 0. The molecule has 0 fully saturated rings.